The monoisotopic (exact) mass is 259 g/mol. The van der Waals surface area contributed by atoms with Crippen molar-refractivity contribution in [1.82, 2.24) is 4.90 Å². The lowest BCUT2D eigenvalue weighted by molar-refractivity contribution is 0.127. The first kappa shape index (κ1) is 14.0. The Morgan fingerprint density at radius 3 is 2.63 bits per heavy atom. The van der Waals surface area contributed by atoms with E-state index in [0.717, 1.165) is 13.1 Å². The summed E-state index contributed by atoms with van der Waals surface area (Å²) in [5, 5.41) is 11.7. The van der Waals surface area contributed by atoms with Gasteiger partial charge in [0.15, 0.2) is 0 Å². The minimum atomic E-state index is 0.175. The highest BCUT2D eigenvalue weighted by molar-refractivity contribution is 5.85. The standard InChI is InChI=1S/C16H21NO2/c1-19-12-10-17(9-11-18)13-15-7-4-6-14-5-2-3-8-16(14)15/h2-8,18H,9-13H2,1H3. The topological polar surface area (TPSA) is 32.7 Å². The van der Waals surface area contributed by atoms with Gasteiger partial charge in [-0.05, 0) is 16.3 Å². The van der Waals surface area contributed by atoms with Crippen LogP contribution in [0.3, 0.4) is 0 Å². The molecule has 3 heteroatoms. The van der Waals surface area contributed by atoms with Crippen molar-refractivity contribution in [3.05, 3.63) is 48.0 Å². The molecule has 0 unspecified atom stereocenters. The van der Waals surface area contributed by atoms with Crippen LogP contribution >= 0.6 is 0 Å². The molecule has 0 amide bonds. The minimum absolute atomic E-state index is 0.175. The summed E-state index contributed by atoms with van der Waals surface area (Å²) >= 11 is 0. The summed E-state index contributed by atoms with van der Waals surface area (Å²) in [6.07, 6.45) is 0. The molecule has 1 N–H and O–H groups in total. The molecule has 3 nitrogen and oxygen atoms in total. The van der Waals surface area contributed by atoms with Gasteiger partial charge in [0.25, 0.3) is 0 Å². The Balaban J connectivity index is 2.18. The van der Waals surface area contributed by atoms with E-state index in [1.807, 2.05) is 0 Å². The third kappa shape index (κ3) is 3.77. The zero-order valence-corrected chi connectivity index (χ0v) is 11.4. The number of hydrogen-bond donors (Lipinski definition) is 1. The van der Waals surface area contributed by atoms with E-state index >= 15 is 0 Å². The Labute approximate surface area is 114 Å². The summed E-state index contributed by atoms with van der Waals surface area (Å²) in [5.74, 6) is 0. The largest absolute Gasteiger partial charge is 0.395 e. The zero-order valence-electron chi connectivity index (χ0n) is 11.4. The second-order valence-electron chi connectivity index (χ2n) is 4.63. The number of fused-ring (bicyclic) bond motifs is 1. The lowest BCUT2D eigenvalue weighted by atomic mass is 10.0. The van der Waals surface area contributed by atoms with Crippen LogP contribution in [0.15, 0.2) is 42.5 Å². The van der Waals surface area contributed by atoms with Crippen molar-refractivity contribution in [2.75, 3.05) is 33.4 Å². The Bertz CT molecular complexity index is 508. The second kappa shape index (κ2) is 7.24. The molecular formula is C16H21NO2. The summed E-state index contributed by atoms with van der Waals surface area (Å²) < 4.78 is 5.12. The maximum absolute atomic E-state index is 9.14. The van der Waals surface area contributed by atoms with Gasteiger partial charge < -0.3 is 9.84 Å². The van der Waals surface area contributed by atoms with Gasteiger partial charge in [0.1, 0.15) is 0 Å². The number of benzene rings is 2. The molecule has 2 aromatic carbocycles. The molecule has 0 bridgehead atoms. The second-order valence-corrected chi connectivity index (χ2v) is 4.63. The van der Waals surface area contributed by atoms with E-state index in [9.17, 15) is 0 Å². The quantitative estimate of drug-likeness (QED) is 0.828. The number of methoxy groups -OCH3 is 1. The summed E-state index contributed by atoms with van der Waals surface area (Å²) in [6, 6.07) is 14.8. The SMILES string of the molecule is COCCN(CCO)Cc1cccc2ccccc12. The average Bonchev–Trinajstić information content (AvgIpc) is 2.45. The van der Waals surface area contributed by atoms with Crippen LogP contribution in [-0.4, -0.2) is 43.4 Å². The fourth-order valence-corrected chi connectivity index (χ4v) is 2.30. The molecule has 0 aliphatic carbocycles. The van der Waals surface area contributed by atoms with Gasteiger partial charge in [0.2, 0.25) is 0 Å². The van der Waals surface area contributed by atoms with E-state index in [2.05, 4.69) is 47.4 Å². The number of ether oxygens (including phenoxy) is 1. The molecule has 102 valence electrons. The molecule has 0 aliphatic rings. The highest BCUT2D eigenvalue weighted by atomic mass is 16.5. The molecule has 19 heavy (non-hydrogen) atoms. The predicted molar refractivity (Wildman–Crippen MR) is 78.2 cm³/mol. The van der Waals surface area contributed by atoms with Gasteiger partial charge in [-0.2, -0.15) is 0 Å². The normalized spacial score (nSPS) is 11.3. The zero-order chi connectivity index (χ0) is 13.5. The summed E-state index contributed by atoms with van der Waals surface area (Å²) in [7, 11) is 1.70. The summed E-state index contributed by atoms with van der Waals surface area (Å²) in [6.45, 7) is 3.21. The lowest BCUT2D eigenvalue weighted by Gasteiger charge is -2.21. The molecule has 2 aromatic rings. The van der Waals surface area contributed by atoms with E-state index in [1.165, 1.54) is 16.3 Å². The first-order valence-corrected chi connectivity index (χ1v) is 6.64. The van der Waals surface area contributed by atoms with Gasteiger partial charge in [0.05, 0.1) is 13.2 Å². The van der Waals surface area contributed by atoms with E-state index < -0.39 is 0 Å². The smallest absolute Gasteiger partial charge is 0.0589 e. The third-order valence-electron chi connectivity index (χ3n) is 3.30. The Kier molecular flexibility index (Phi) is 5.33. The van der Waals surface area contributed by atoms with Crippen molar-refractivity contribution in [1.29, 1.82) is 0 Å². The van der Waals surface area contributed by atoms with Crippen LogP contribution in [0.2, 0.25) is 0 Å². The van der Waals surface area contributed by atoms with Crippen LogP contribution in [0.1, 0.15) is 5.56 Å². The summed E-state index contributed by atoms with van der Waals surface area (Å²) in [5.41, 5.74) is 1.29. The van der Waals surface area contributed by atoms with Crippen LogP contribution in [-0.2, 0) is 11.3 Å². The van der Waals surface area contributed by atoms with Crippen molar-refractivity contribution in [3.8, 4) is 0 Å². The molecule has 0 heterocycles. The van der Waals surface area contributed by atoms with E-state index in [1.54, 1.807) is 7.11 Å². The molecular weight excluding hydrogens is 238 g/mol. The number of rotatable bonds is 7. The molecule has 0 fully saturated rings. The van der Waals surface area contributed by atoms with Gasteiger partial charge in [-0.15, -0.1) is 0 Å². The highest BCUT2D eigenvalue weighted by Crippen LogP contribution is 2.19. The van der Waals surface area contributed by atoms with E-state index in [4.69, 9.17) is 9.84 Å². The van der Waals surface area contributed by atoms with Crippen LogP contribution < -0.4 is 0 Å². The Morgan fingerprint density at radius 1 is 1.05 bits per heavy atom. The van der Waals surface area contributed by atoms with Crippen LogP contribution in [0.5, 0.6) is 0 Å². The van der Waals surface area contributed by atoms with Gasteiger partial charge in [0, 0.05) is 26.7 Å². The number of aliphatic hydroxyl groups excluding tert-OH is 1. The molecule has 0 atom stereocenters. The van der Waals surface area contributed by atoms with E-state index in [0.29, 0.717) is 13.2 Å². The minimum Gasteiger partial charge on any atom is -0.395 e. The van der Waals surface area contributed by atoms with Crippen molar-refractivity contribution in [2.45, 2.75) is 6.54 Å². The molecule has 0 aromatic heterocycles. The van der Waals surface area contributed by atoms with Crippen molar-refractivity contribution in [2.24, 2.45) is 0 Å². The van der Waals surface area contributed by atoms with Crippen molar-refractivity contribution >= 4 is 10.8 Å². The molecule has 0 saturated heterocycles. The van der Waals surface area contributed by atoms with Crippen LogP contribution in [0.4, 0.5) is 0 Å². The van der Waals surface area contributed by atoms with Crippen molar-refractivity contribution < 1.29 is 9.84 Å². The molecule has 0 radical (unpaired) electrons. The molecule has 2 rings (SSSR count). The fraction of sp³-hybridized carbons (Fsp3) is 0.375. The lowest BCUT2D eigenvalue weighted by Crippen LogP contribution is -2.29. The highest BCUT2D eigenvalue weighted by Gasteiger charge is 2.07. The number of hydrogen-bond acceptors (Lipinski definition) is 3. The van der Waals surface area contributed by atoms with Crippen LogP contribution in [0, 0.1) is 0 Å². The van der Waals surface area contributed by atoms with Crippen molar-refractivity contribution in [3.63, 3.8) is 0 Å². The Morgan fingerprint density at radius 2 is 1.84 bits per heavy atom. The first-order chi connectivity index (χ1) is 9.35. The van der Waals surface area contributed by atoms with Gasteiger partial charge in [-0.25, -0.2) is 0 Å². The summed E-state index contributed by atoms with van der Waals surface area (Å²) in [4.78, 5) is 2.21. The number of aliphatic hydroxyl groups is 1. The molecule has 0 aliphatic heterocycles. The van der Waals surface area contributed by atoms with E-state index in [-0.39, 0.29) is 6.61 Å². The van der Waals surface area contributed by atoms with Gasteiger partial charge in [-0.3, -0.25) is 4.90 Å². The maximum Gasteiger partial charge on any atom is 0.0589 e. The predicted octanol–water partition coefficient (Wildman–Crippen LogP) is 2.28. The molecule has 0 saturated carbocycles. The van der Waals surface area contributed by atoms with Gasteiger partial charge >= 0.3 is 0 Å². The number of nitrogens with zero attached hydrogens (tertiary/aromatic N) is 1. The van der Waals surface area contributed by atoms with Crippen LogP contribution in [0.25, 0.3) is 10.8 Å². The average molecular weight is 259 g/mol. The first-order valence-electron chi connectivity index (χ1n) is 6.64. The maximum atomic E-state index is 9.14. The molecule has 0 spiro atoms. The fourth-order valence-electron chi connectivity index (χ4n) is 2.30. The Hall–Kier alpha value is -1.42. The third-order valence-corrected chi connectivity index (χ3v) is 3.30. The van der Waals surface area contributed by atoms with Gasteiger partial charge in [-0.1, -0.05) is 42.5 Å².